The zero-order chi connectivity index (χ0) is 10.8. The molecule has 3 unspecified atom stereocenters. The van der Waals surface area contributed by atoms with Crippen molar-refractivity contribution >= 4 is 23.5 Å². The summed E-state index contributed by atoms with van der Waals surface area (Å²) in [5.41, 5.74) is 8.53. The molecule has 2 rings (SSSR count). The molecule has 2 amide bonds. The second-order valence-corrected chi connectivity index (χ2v) is 5.99. The average Bonchev–Trinajstić information content (AvgIpc) is 2.61. The van der Waals surface area contributed by atoms with Gasteiger partial charge in [0.2, 0.25) is 0 Å². The third kappa shape index (κ3) is 2.45. The molecule has 0 aromatic carbocycles. The van der Waals surface area contributed by atoms with E-state index in [1.165, 1.54) is 19.3 Å². The fraction of sp³-hybridized carbons (Fsp3) is 0.800. The Morgan fingerprint density at radius 1 is 1.60 bits per heavy atom. The van der Waals surface area contributed by atoms with Gasteiger partial charge < -0.3 is 5.73 Å². The summed E-state index contributed by atoms with van der Waals surface area (Å²) < 4.78 is 0. The Balaban J connectivity index is 2.07. The fourth-order valence-electron chi connectivity index (χ4n) is 2.52. The van der Waals surface area contributed by atoms with E-state index in [0.717, 1.165) is 12.1 Å². The first-order chi connectivity index (χ1) is 7.16. The molecule has 1 saturated carbocycles. The van der Waals surface area contributed by atoms with Crippen LogP contribution in [0.1, 0.15) is 32.6 Å². The lowest BCUT2D eigenvalue weighted by Gasteiger charge is -2.30. The zero-order valence-corrected chi connectivity index (χ0v) is 9.72. The number of carbonyl (C=O) groups is 1. The van der Waals surface area contributed by atoms with E-state index >= 15 is 0 Å². The van der Waals surface area contributed by atoms with Crippen molar-refractivity contribution in [3.8, 4) is 0 Å². The number of hydrogen-bond donors (Lipinski definition) is 2. The van der Waals surface area contributed by atoms with Gasteiger partial charge in [-0.05, 0) is 19.3 Å². The van der Waals surface area contributed by atoms with Crippen molar-refractivity contribution in [1.82, 2.24) is 5.43 Å². The minimum Gasteiger partial charge on any atom is -0.350 e. The van der Waals surface area contributed by atoms with Gasteiger partial charge >= 0.3 is 6.03 Å². The molecule has 0 aromatic heterocycles. The highest BCUT2D eigenvalue weighted by Gasteiger charge is 2.37. The topological polar surface area (TPSA) is 67.5 Å². The molecule has 0 radical (unpaired) electrons. The van der Waals surface area contributed by atoms with Crippen LogP contribution in [-0.2, 0) is 0 Å². The molecule has 0 bridgehead atoms. The lowest BCUT2D eigenvalue weighted by Crippen LogP contribution is -2.34. The van der Waals surface area contributed by atoms with Crippen molar-refractivity contribution < 1.29 is 4.79 Å². The van der Waals surface area contributed by atoms with Crippen LogP contribution in [0.5, 0.6) is 0 Å². The van der Waals surface area contributed by atoms with E-state index < -0.39 is 6.03 Å². The maximum Gasteiger partial charge on any atom is 0.332 e. The third-order valence-corrected chi connectivity index (χ3v) is 4.64. The Morgan fingerprint density at radius 3 is 3.13 bits per heavy atom. The van der Waals surface area contributed by atoms with E-state index in [4.69, 9.17) is 5.73 Å². The summed E-state index contributed by atoms with van der Waals surface area (Å²) in [7, 11) is 0. The summed E-state index contributed by atoms with van der Waals surface area (Å²) in [6, 6.07) is -0.567. The van der Waals surface area contributed by atoms with Gasteiger partial charge in [0.15, 0.2) is 0 Å². The van der Waals surface area contributed by atoms with Gasteiger partial charge in [-0.2, -0.15) is 16.9 Å². The number of fused-ring (bicyclic) bond motifs is 1. The Labute approximate surface area is 94.1 Å². The van der Waals surface area contributed by atoms with Gasteiger partial charge in [0.25, 0.3) is 0 Å². The number of hydrazone groups is 1. The summed E-state index contributed by atoms with van der Waals surface area (Å²) in [6.07, 6.45) is 4.76. The second kappa shape index (κ2) is 4.43. The van der Waals surface area contributed by atoms with Crippen molar-refractivity contribution in [2.75, 3.05) is 0 Å². The highest BCUT2D eigenvalue weighted by atomic mass is 32.2. The first kappa shape index (κ1) is 10.8. The van der Waals surface area contributed by atoms with E-state index in [9.17, 15) is 4.79 Å². The zero-order valence-electron chi connectivity index (χ0n) is 8.90. The van der Waals surface area contributed by atoms with E-state index in [1.54, 1.807) is 0 Å². The van der Waals surface area contributed by atoms with E-state index in [2.05, 4.69) is 29.2 Å². The number of rotatable bonds is 1. The predicted molar refractivity (Wildman–Crippen MR) is 63.0 cm³/mol. The van der Waals surface area contributed by atoms with Gasteiger partial charge in [0.1, 0.15) is 0 Å². The van der Waals surface area contributed by atoms with Gasteiger partial charge in [-0.1, -0.05) is 13.3 Å². The monoisotopic (exact) mass is 227 g/mol. The molecule has 1 aliphatic carbocycles. The van der Waals surface area contributed by atoms with Crippen LogP contribution in [0.4, 0.5) is 4.79 Å². The number of nitrogens with zero attached hydrogens (tertiary/aromatic N) is 1. The summed E-state index contributed by atoms with van der Waals surface area (Å²) in [5.74, 6) is 0.568. The highest BCUT2D eigenvalue weighted by Crippen LogP contribution is 2.43. The maximum atomic E-state index is 10.6. The Bertz CT molecular complexity index is 292. The van der Waals surface area contributed by atoms with Gasteiger partial charge in [-0.3, -0.25) is 0 Å². The molecule has 1 aliphatic heterocycles. The fourth-order valence-corrected chi connectivity index (χ4v) is 4.17. The minimum atomic E-state index is -0.567. The molecule has 3 atom stereocenters. The Hall–Kier alpha value is -0.710. The Morgan fingerprint density at radius 2 is 2.40 bits per heavy atom. The normalized spacial score (nSPS) is 37.7. The SMILES string of the molecule is CC1CC(=NNC(N)=O)C2CCCC2S1. The summed E-state index contributed by atoms with van der Waals surface area (Å²) in [6.45, 7) is 2.22. The standard InChI is InChI=1S/C10H17N3OS/c1-6-5-8(12-13-10(11)14)7-3-2-4-9(7)15-6/h6-7,9H,2-5H2,1H3,(H3,11,13,14). The van der Waals surface area contributed by atoms with Crippen molar-refractivity contribution in [3.63, 3.8) is 0 Å². The summed E-state index contributed by atoms with van der Waals surface area (Å²) in [4.78, 5) is 10.6. The van der Waals surface area contributed by atoms with Crippen molar-refractivity contribution in [2.24, 2.45) is 16.8 Å². The van der Waals surface area contributed by atoms with Crippen LogP contribution in [0, 0.1) is 5.92 Å². The predicted octanol–water partition coefficient (Wildman–Crippen LogP) is 1.70. The molecular weight excluding hydrogens is 210 g/mol. The van der Waals surface area contributed by atoms with Crippen LogP contribution in [0.2, 0.25) is 0 Å². The van der Waals surface area contributed by atoms with E-state index in [-0.39, 0.29) is 0 Å². The smallest absolute Gasteiger partial charge is 0.332 e. The minimum absolute atomic E-state index is 0.567. The third-order valence-electron chi connectivity index (χ3n) is 3.09. The molecule has 1 saturated heterocycles. The number of amides is 2. The molecule has 2 fully saturated rings. The van der Waals surface area contributed by atoms with Gasteiger partial charge in [-0.15, -0.1) is 0 Å². The molecule has 4 nitrogen and oxygen atoms in total. The molecule has 5 heteroatoms. The summed E-state index contributed by atoms with van der Waals surface area (Å²) in [5, 5.41) is 5.47. The Kier molecular flexibility index (Phi) is 3.19. The molecule has 3 N–H and O–H groups in total. The molecule has 2 aliphatic rings. The van der Waals surface area contributed by atoms with Crippen LogP contribution >= 0.6 is 11.8 Å². The molecular formula is C10H17N3OS. The molecule has 15 heavy (non-hydrogen) atoms. The number of carbonyl (C=O) groups excluding carboxylic acids is 1. The van der Waals surface area contributed by atoms with Crippen LogP contribution in [0.15, 0.2) is 5.10 Å². The van der Waals surface area contributed by atoms with Crippen LogP contribution in [0.25, 0.3) is 0 Å². The van der Waals surface area contributed by atoms with E-state index in [1.807, 2.05) is 0 Å². The number of nitrogens with one attached hydrogen (secondary N) is 1. The molecule has 0 spiro atoms. The summed E-state index contributed by atoms with van der Waals surface area (Å²) >= 11 is 2.07. The number of thioether (sulfide) groups is 1. The van der Waals surface area contributed by atoms with Crippen LogP contribution in [-0.4, -0.2) is 22.2 Å². The van der Waals surface area contributed by atoms with Crippen LogP contribution in [0.3, 0.4) is 0 Å². The van der Waals surface area contributed by atoms with Crippen LogP contribution < -0.4 is 11.2 Å². The quantitative estimate of drug-likeness (QED) is 0.670. The number of nitrogens with two attached hydrogens (primary N) is 1. The largest absolute Gasteiger partial charge is 0.350 e. The van der Waals surface area contributed by atoms with Crippen molar-refractivity contribution in [3.05, 3.63) is 0 Å². The van der Waals surface area contributed by atoms with Crippen molar-refractivity contribution in [1.29, 1.82) is 0 Å². The number of primary amides is 1. The number of urea groups is 1. The van der Waals surface area contributed by atoms with Gasteiger partial charge in [-0.25, -0.2) is 10.2 Å². The molecule has 0 aromatic rings. The second-order valence-electron chi connectivity index (χ2n) is 4.31. The average molecular weight is 227 g/mol. The lowest BCUT2D eigenvalue weighted by atomic mass is 9.97. The number of hydrogen-bond acceptors (Lipinski definition) is 3. The molecule has 84 valence electrons. The maximum absolute atomic E-state index is 10.6. The van der Waals surface area contributed by atoms with Gasteiger partial charge in [0.05, 0.1) is 0 Å². The first-order valence-electron chi connectivity index (χ1n) is 5.44. The highest BCUT2D eigenvalue weighted by molar-refractivity contribution is 8.00. The van der Waals surface area contributed by atoms with Gasteiger partial charge in [0, 0.05) is 22.1 Å². The van der Waals surface area contributed by atoms with E-state index in [0.29, 0.717) is 16.4 Å². The molecule has 1 heterocycles. The first-order valence-corrected chi connectivity index (χ1v) is 6.38. The van der Waals surface area contributed by atoms with Crippen molar-refractivity contribution in [2.45, 2.75) is 43.1 Å². The lowest BCUT2D eigenvalue weighted by molar-refractivity contribution is 0.249.